The standard InChI is InChI=1S/C24H32N2O3/c27-22(29-9-3-5-17-4-1-7-25-16-17)21-6-2-8-26(21)23(28)24-13-18-10-19(14-24)12-20(11-18)15-24/h1,4,7,16,18-21H,2-3,5-6,8-15H2. The zero-order valence-corrected chi connectivity index (χ0v) is 17.2. The molecule has 4 bridgehead atoms. The minimum Gasteiger partial charge on any atom is -0.464 e. The molecule has 1 unspecified atom stereocenters. The summed E-state index contributed by atoms with van der Waals surface area (Å²) in [6.07, 6.45) is 14.1. The largest absolute Gasteiger partial charge is 0.464 e. The highest BCUT2D eigenvalue weighted by Crippen LogP contribution is 2.60. The molecule has 0 N–H and O–H groups in total. The van der Waals surface area contributed by atoms with Crippen molar-refractivity contribution in [1.29, 1.82) is 0 Å². The number of amides is 1. The Kier molecular flexibility index (Phi) is 5.09. The van der Waals surface area contributed by atoms with Gasteiger partial charge in [-0.15, -0.1) is 0 Å². The van der Waals surface area contributed by atoms with Crippen molar-refractivity contribution in [3.05, 3.63) is 30.1 Å². The Morgan fingerprint density at radius 3 is 2.52 bits per heavy atom. The maximum atomic E-state index is 13.6. The number of aryl methyl sites for hydroxylation is 1. The fourth-order valence-electron chi connectivity index (χ4n) is 7.02. The third kappa shape index (κ3) is 3.69. The lowest BCUT2D eigenvalue weighted by molar-refractivity contribution is -0.165. The van der Waals surface area contributed by atoms with Crippen LogP contribution in [0.2, 0.25) is 0 Å². The molecule has 29 heavy (non-hydrogen) atoms. The second-order valence-electron chi connectivity index (χ2n) is 9.99. The molecule has 5 fully saturated rings. The summed E-state index contributed by atoms with van der Waals surface area (Å²) in [5.41, 5.74) is 0.987. The van der Waals surface area contributed by atoms with Crippen LogP contribution in [0.15, 0.2) is 24.5 Å². The molecule has 4 aliphatic carbocycles. The van der Waals surface area contributed by atoms with E-state index in [1.54, 1.807) is 6.20 Å². The predicted molar refractivity (Wildman–Crippen MR) is 109 cm³/mol. The monoisotopic (exact) mass is 396 g/mol. The van der Waals surface area contributed by atoms with Crippen molar-refractivity contribution in [2.75, 3.05) is 13.2 Å². The molecule has 1 aromatic heterocycles. The second kappa shape index (κ2) is 7.73. The van der Waals surface area contributed by atoms with E-state index in [0.717, 1.165) is 74.8 Å². The van der Waals surface area contributed by atoms with E-state index in [1.807, 2.05) is 23.2 Å². The lowest BCUT2D eigenvalue weighted by Crippen LogP contribution is -2.56. The first-order chi connectivity index (χ1) is 14.1. The summed E-state index contributed by atoms with van der Waals surface area (Å²) in [7, 11) is 0. The Hall–Kier alpha value is -1.91. The number of likely N-dealkylation sites (tertiary alicyclic amines) is 1. The molecule has 6 rings (SSSR count). The molecular weight excluding hydrogens is 364 g/mol. The first-order valence-corrected chi connectivity index (χ1v) is 11.5. The van der Waals surface area contributed by atoms with Gasteiger partial charge >= 0.3 is 5.97 Å². The van der Waals surface area contributed by atoms with E-state index in [2.05, 4.69) is 4.98 Å². The van der Waals surface area contributed by atoms with Crippen LogP contribution in [0.3, 0.4) is 0 Å². The van der Waals surface area contributed by atoms with Gasteiger partial charge in [0.05, 0.1) is 12.0 Å². The molecule has 1 atom stereocenters. The van der Waals surface area contributed by atoms with Crippen LogP contribution in [0.4, 0.5) is 0 Å². The highest BCUT2D eigenvalue weighted by Gasteiger charge is 2.56. The second-order valence-corrected chi connectivity index (χ2v) is 9.99. The number of aromatic nitrogens is 1. The van der Waals surface area contributed by atoms with Crippen molar-refractivity contribution in [3.63, 3.8) is 0 Å². The average molecular weight is 397 g/mol. The van der Waals surface area contributed by atoms with Crippen LogP contribution >= 0.6 is 0 Å². The summed E-state index contributed by atoms with van der Waals surface area (Å²) >= 11 is 0. The van der Waals surface area contributed by atoms with Crippen LogP contribution in [0.25, 0.3) is 0 Å². The van der Waals surface area contributed by atoms with Crippen LogP contribution in [0, 0.1) is 23.2 Å². The van der Waals surface area contributed by atoms with E-state index in [-0.39, 0.29) is 23.3 Å². The summed E-state index contributed by atoms with van der Waals surface area (Å²) in [4.78, 5) is 32.4. The minimum atomic E-state index is -0.367. The lowest BCUT2D eigenvalue weighted by atomic mass is 9.49. The topological polar surface area (TPSA) is 59.5 Å². The highest BCUT2D eigenvalue weighted by atomic mass is 16.5. The van der Waals surface area contributed by atoms with Crippen molar-refractivity contribution in [2.24, 2.45) is 23.2 Å². The van der Waals surface area contributed by atoms with Gasteiger partial charge in [0.15, 0.2) is 0 Å². The third-order valence-corrected chi connectivity index (χ3v) is 7.85. The zero-order valence-electron chi connectivity index (χ0n) is 17.2. The Morgan fingerprint density at radius 2 is 1.86 bits per heavy atom. The molecule has 5 aliphatic rings. The number of esters is 1. The molecule has 0 aromatic carbocycles. The molecule has 0 radical (unpaired) electrons. The van der Waals surface area contributed by atoms with Crippen LogP contribution in [0.1, 0.15) is 63.4 Å². The van der Waals surface area contributed by atoms with E-state index in [4.69, 9.17) is 4.74 Å². The van der Waals surface area contributed by atoms with Crippen molar-refractivity contribution >= 4 is 11.9 Å². The molecule has 1 amide bonds. The number of carbonyl (C=O) groups excluding carboxylic acids is 2. The van der Waals surface area contributed by atoms with Gasteiger partial charge in [-0.1, -0.05) is 6.07 Å². The quantitative estimate of drug-likeness (QED) is 0.543. The number of carbonyl (C=O) groups is 2. The van der Waals surface area contributed by atoms with Gasteiger partial charge in [-0.25, -0.2) is 4.79 Å². The summed E-state index contributed by atoms with van der Waals surface area (Å²) < 4.78 is 5.59. The summed E-state index contributed by atoms with van der Waals surface area (Å²) in [6, 6.07) is 3.60. The molecule has 2 heterocycles. The average Bonchev–Trinajstić information content (AvgIpc) is 3.20. The third-order valence-electron chi connectivity index (χ3n) is 7.85. The molecule has 156 valence electrons. The van der Waals surface area contributed by atoms with Crippen LogP contribution < -0.4 is 0 Å². The normalized spacial score (nSPS) is 35.1. The number of hydrogen-bond acceptors (Lipinski definition) is 4. The number of rotatable bonds is 6. The van der Waals surface area contributed by atoms with Gasteiger partial charge in [0.1, 0.15) is 6.04 Å². The maximum Gasteiger partial charge on any atom is 0.328 e. The van der Waals surface area contributed by atoms with Crippen molar-refractivity contribution in [3.8, 4) is 0 Å². The molecule has 5 heteroatoms. The van der Waals surface area contributed by atoms with Crippen LogP contribution in [0.5, 0.6) is 0 Å². The molecule has 5 nitrogen and oxygen atoms in total. The fourth-order valence-corrected chi connectivity index (χ4v) is 7.02. The number of hydrogen-bond donors (Lipinski definition) is 0. The molecule has 1 saturated heterocycles. The Labute approximate surface area is 173 Å². The van der Waals surface area contributed by atoms with Crippen molar-refractivity contribution in [2.45, 2.75) is 70.3 Å². The summed E-state index contributed by atoms with van der Waals surface area (Å²) in [5, 5.41) is 0. The van der Waals surface area contributed by atoms with E-state index >= 15 is 0 Å². The molecule has 0 spiro atoms. The number of ether oxygens (including phenoxy) is 1. The van der Waals surface area contributed by atoms with Gasteiger partial charge in [-0.3, -0.25) is 9.78 Å². The number of nitrogens with zero attached hydrogens (tertiary/aromatic N) is 2. The van der Waals surface area contributed by atoms with Crippen molar-refractivity contribution < 1.29 is 14.3 Å². The Morgan fingerprint density at radius 1 is 1.14 bits per heavy atom. The maximum absolute atomic E-state index is 13.6. The summed E-state index contributed by atoms with van der Waals surface area (Å²) in [6.45, 7) is 1.12. The van der Waals surface area contributed by atoms with E-state index in [9.17, 15) is 9.59 Å². The van der Waals surface area contributed by atoms with Gasteiger partial charge in [-0.05, 0) is 93.6 Å². The van der Waals surface area contributed by atoms with Crippen LogP contribution in [-0.2, 0) is 20.7 Å². The van der Waals surface area contributed by atoms with Crippen LogP contribution in [-0.4, -0.2) is 41.0 Å². The van der Waals surface area contributed by atoms with Gasteiger partial charge in [0, 0.05) is 18.9 Å². The Bertz CT molecular complexity index is 727. The molecular formula is C24H32N2O3. The predicted octanol–water partition coefficient (Wildman–Crippen LogP) is 3.76. The number of pyridine rings is 1. The Balaban J connectivity index is 1.18. The SMILES string of the molecule is O=C(OCCCc1cccnc1)C1CCCN1C(=O)C12CC3CC(CC(C3)C1)C2. The van der Waals surface area contributed by atoms with E-state index in [0.29, 0.717) is 6.61 Å². The summed E-state index contributed by atoms with van der Waals surface area (Å²) in [5.74, 6) is 2.29. The molecule has 1 aliphatic heterocycles. The van der Waals surface area contributed by atoms with Gasteiger partial charge in [0.2, 0.25) is 5.91 Å². The first-order valence-electron chi connectivity index (χ1n) is 11.5. The van der Waals surface area contributed by atoms with Gasteiger partial charge < -0.3 is 9.64 Å². The lowest BCUT2D eigenvalue weighted by Gasteiger charge is -2.56. The minimum absolute atomic E-state index is 0.169. The van der Waals surface area contributed by atoms with Gasteiger partial charge in [0.25, 0.3) is 0 Å². The van der Waals surface area contributed by atoms with Gasteiger partial charge in [-0.2, -0.15) is 0 Å². The van der Waals surface area contributed by atoms with Crippen molar-refractivity contribution in [1.82, 2.24) is 9.88 Å². The first kappa shape index (κ1) is 19.1. The molecule has 1 aromatic rings. The fraction of sp³-hybridized carbons (Fsp3) is 0.708. The smallest absolute Gasteiger partial charge is 0.328 e. The molecule has 4 saturated carbocycles. The zero-order chi connectivity index (χ0) is 19.8. The van der Waals surface area contributed by atoms with E-state index < -0.39 is 0 Å². The van der Waals surface area contributed by atoms with E-state index in [1.165, 1.54) is 19.3 Å². The highest BCUT2D eigenvalue weighted by molar-refractivity contribution is 5.89.